The molecule has 0 saturated carbocycles. The first-order valence-corrected chi connectivity index (χ1v) is 10.2. The molecule has 1 aliphatic rings. The van der Waals surface area contributed by atoms with Gasteiger partial charge in [0.15, 0.2) is 17.1 Å². The van der Waals surface area contributed by atoms with E-state index in [1.807, 2.05) is 0 Å². The molecule has 4 rings (SSSR count). The Morgan fingerprint density at radius 1 is 1.06 bits per heavy atom. The summed E-state index contributed by atoms with van der Waals surface area (Å²) in [4.78, 5) is 19.1. The highest BCUT2D eigenvalue weighted by molar-refractivity contribution is 5.95. The normalized spacial score (nSPS) is 15.2. The van der Waals surface area contributed by atoms with Crippen LogP contribution in [0.2, 0.25) is 0 Å². The fourth-order valence-electron chi connectivity index (χ4n) is 4.05. The molecule has 32 heavy (non-hydrogen) atoms. The third-order valence-corrected chi connectivity index (χ3v) is 5.69. The molecule has 0 bridgehead atoms. The Hall–Kier alpha value is -3.30. The van der Waals surface area contributed by atoms with Crippen LogP contribution in [-0.4, -0.2) is 52.7 Å². The first-order chi connectivity index (χ1) is 15.2. The molecule has 0 N–H and O–H groups in total. The third kappa shape index (κ3) is 4.09. The van der Waals surface area contributed by atoms with E-state index in [1.54, 1.807) is 30.0 Å². The van der Waals surface area contributed by atoms with Gasteiger partial charge in [0.25, 0.3) is 5.91 Å². The number of rotatable bonds is 4. The molecule has 0 aliphatic carbocycles. The number of carbonyl (C=O) groups excluding carboxylic acids is 1. The van der Waals surface area contributed by atoms with E-state index in [2.05, 4.69) is 10.1 Å². The van der Waals surface area contributed by atoms with E-state index in [0.717, 1.165) is 10.6 Å². The van der Waals surface area contributed by atoms with E-state index in [-0.39, 0.29) is 17.5 Å². The van der Waals surface area contributed by atoms with Crippen molar-refractivity contribution in [1.29, 1.82) is 0 Å². The number of likely N-dealkylation sites (tertiary alicyclic amines) is 1. The highest BCUT2D eigenvalue weighted by Gasteiger charge is 2.36. The van der Waals surface area contributed by atoms with Crippen LogP contribution in [0, 0.1) is 6.92 Å². The summed E-state index contributed by atoms with van der Waals surface area (Å²) in [6.07, 6.45) is -3.50. The lowest BCUT2D eigenvalue weighted by atomic mass is 9.92. The van der Waals surface area contributed by atoms with Crippen LogP contribution in [0.15, 0.2) is 30.3 Å². The first-order valence-electron chi connectivity index (χ1n) is 10.2. The Bertz CT molecular complexity index is 1150. The van der Waals surface area contributed by atoms with Crippen LogP contribution in [-0.2, 0) is 6.18 Å². The van der Waals surface area contributed by atoms with E-state index >= 15 is 0 Å². The summed E-state index contributed by atoms with van der Waals surface area (Å²) in [6.45, 7) is 2.47. The predicted molar refractivity (Wildman–Crippen MR) is 110 cm³/mol. The highest BCUT2D eigenvalue weighted by Crippen LogP contribution is 2.35. The van der Waals surface area contributed by atoms with Crippen molar-refractivity contribution in [2.75, 3.05) is 27.3 Å². The van der Waals surface area contributed by atoms with Gasteiger partial charge in [0.1, 0.15) is 5.69 Å². The first kappa shape index (κ1) is 21.9. The van der Waals surface area contributed by atoms with Gasteiger partial charge in [-0.25, -0.2) is 9.50 Å². The molecule has 0 radical (unpaired) electrons. The predicted octanol–water partition coefficient (Wildman–Crippen LogP) is 4.09. The van der Waals surface area contributed by atoms with Gasteiger partial charge in [0, 0.05) is 36.3 Å². The molecule has 1 saturated heterocycles. The fraction of sp³-hybridized carbons (Fsp3) is 0.409. The molecule has 170 valence electrons. The van der Waals surface area contributed by atoms with Gasteiger partial charge in [-0.15, -0.1) is 0 Å². The lowest BCUT2D eigenvalue weighted by molar-refractivity contribution is -0.142. The zero-order valence-corrected chi connectivity index (χ0v) is 17.9. The molecule has 0 spiro atoms. The van der Waals surface area contributed by atoms with Gasteiger partial charge in [0.2, 0.25) is 0 Å². The Morgan fingerprint density at radius 2 is 1.75 bits per heavy atom. The Morgan fingerprint density at radius 3 is 2.38 bits per heavy atom. The second-order valence-electron chi connectivity index (χ2n) is 7.76. The van der Waals surface area contributed by atoms with Crippen molar-refractivity contribution >= 4 is 11.6 Å². The molecule has 7 nitrogen and oxygen atoms in total. The average molecular weight is 448 g/mol. The van der Waals surface area contributed by atoms with E-state index in [1.165, 1.54) is 20.3 Å². The van der Waals surface area contributed by atoms with Crippen molar-refractivity contribution in [2.45, 2.75) is 31.9 Å². The summed E-state index contributed by atoms with van der Waals surface area (Å²) in [5, 5.41) is 3.92. The van der Waals surface area contributed by atoms with Gasteiger partial charge >= 0.3 is 6.18 Å². The van der Waals surface area contributed by atoms with E-state index in [0.29, 0.717) is 54.4 Å². The molecule has 10 heteroatoms. The number of aryl methyl sites for hydroxylation is 1. The highest BCUT2D eigenvalue weighted by atomic mass is 19.4. The summed E-state index contributed by atoms with van der Waals surface area (Å²) in [7, 11) is 3.02. The molecule has 0 atom stereocenters. The van der Waals surface area contributed by atoms with Crippen molar-refractivity contribution in [3.63, 3.8) is 0 Å². The average Bonchev–Trinajstić information content (AvgIpc) is 3.16. The van der Waals surface area contributed by atoms with Crippen molar-refractivity contribution in [1.82, 2.24) is 19.5 Å². The maximum atomic E-state index is 13.6. The van der Waals surface area contributed by atoms with Gasteiger partial charge in [-0.3, -0.25) is 4.79 Å². The number of piperidine rings is 1. The maximum absolute atomic E-state index is 13.6. The van der Waals surface area contributed by atoms with Crippen molar-refractivity contribution in [3.05, 3.63) is 53.0 Å². The summed E-state index contributed by atoms with van der Waals surface area (Å²) >= 11 is 0. The Kier molecular flexibility index (Phi) is 5.70. The number of hydrogen-bond donors (Lipinski definition) is 0. The van der Waals surface area contributed by atoms with Crippen LogP contribution >= 0.6 is 0 Å². The number of carbonyl (C=O) groups is 1. The molecule has 1 fully saturated rings. The smallest absolute Gasteiger partial charge is 0.433 e. The minimum absolute atomic E-state index is 0.157. The topological polar surface area (TPSA) is 69.0 Å². The Labute approximate surface area is 182 Å². The number of hydrogen-bond acceptors (Lipinski definition) is 5. The second-order valence-corrected chi connectivity index (χ2v) is 7.76. The van der Waals surface area contributed by atoms with Gasteiger partial charge in [-0.1, -0.05) is 0 Å². The van der Waals surface area contributed by atoms with Gasteiger partial charge in [-0.05, 0) is 44.0 Å². The second kappa shape index (κ2) is 8.33. The number of nitrogens with zero attached hydrogens (tertiary/aromatic N) is 4. The Balaban J connectivity index is 1.53. The van der Waals surface area contributed by atoms with E-state index < -0.39 is 11.9 Å². The summed E-state index contributed by atoms with van der Waals surface area (Å²) in [5.41, 5.74) is 0.652. The maximum Gasteiger partial charge on any atom is 0.433 e. The van der Waals surface area contributed by atoms with Gasteiger partial charge in [-0.2, -0.15) is 18.3 Å². The SMILES string of the molecule is COc1ccc(C(=O)N2CCC(c3cc(C(F)(F)F)n4nc(C)cc4n3)CC2)cc1OC. The van der Waals surface area contributed by atoms with Crippen molar-refractivity contribution in [3.8, 4) is 11.5 Å². The van der Waals surface area contributed by atoms with Crippen molar-refractivity contribution < 1.29 is 27.4 Å². The summed E-state index contributed by atoms with van der Waals surface area (Å²) in [5.74, 6) is 0.655. The molecule has 1 aliphatic heterocycles. The molecule has 1 amide bonds. The number of fused-ring (bicyclic) bond motifs is 1. The van der Waals surface area contributed by atoms with Crippen LogP contribution in [0.4, 0.5) is 13.2 Å². The van der Waals surface area contributed by atoms with Gasteiger partial charge in [0.05, 0.1) is 19.9 Å². The van der Waals surface area contributed by atoms with E-state index in [9.17, 15) is 18.0 Å². The number of methoxy groups -OCH3 is 2. The van der Waals surface area contributed by atoms with Crippen LogP contribution in [0.1, 0.15) is 46.2 Å². The third-order valence-electron chi connectivity index (χ3n) is 5.69. The number of amides is 1. The molecular formula is C22H23F3N4O3. The minimum Gasteiger partial charge on any atom is -0.493 e. The lowest BCUT2D eigenvalue weighted by Crippen LogP contribution is -2.38. The van der Waals surface area contributed by atoms with Crippen LogP contribution in [0.5, 0.6) is 11.5 Å². The number of aromatic nitrogens is 3. The fourth-order valence-corrected chi connectivity index (χ4v) is 4.05. The van der Waals surface area contributed by atoms with Crippen molar-refractivity contribution in [2.24, 2.45) is 0 Å². The van der Waals surface area contributed by atoms with Crippen LogP contribution in [0.25, 0.3) is 5.65 Å². The van der Waals surface area contributed by atoms with E-state index in [4.69, 9.17) is 9.47 Å². The number of benzene rings is 1. The zero-order chi connectivity index (χ0) is 23.0. The monoisotopic (exact) mass is 448 g/mol. The summed E-state index contributed by atoms with van der Waals surface area (Å²) < 4.78 is 52.1. The van der Waals surface area contributed by atoms with Crippen LogP contribution in [0.3, 0.4) is 0 Å². The molecule has 0 unspecified atom stereocenters. The van der Waals surface area contributed by atoms with Crippen LogP contribution < -0.4 is 9.47 Å². The number of alkyl halides is 3. The lowest BCUT2D eigenvalue weighted by Gasteiger charge is -2.32. The number of halogens is 3. The molecule has 2 aromatic heterocycles. The standard InChI is InChI=1S/C22H23F3N4O3/c1-13-10-20-26-16(12-19(22(23,24)25)29(20)27-13)14-6-8-28(9-7-14)21(30)15-4-5-17(31-2)18(11-15)32-3/h4-5,10-12,14H,6-9H2,1-3H3. The quantitative estimate of drug-likeness (QED) is 0.601. The molecule has 1 aromatic carbocycles. The summed E-state index contributed by atoms with van der Waals surface area (Å²) in [6, 6.07) is 7.58. The number of ether oxygens (including phenoxy) is 2. The van der Waals surface area contributed by atoms with Gasteiger partial charge < -0.3 is 14.4 Å². The molecular weight excluding hydrogens is 425 g/mol. The minimum atomic E-state index is -4.54. The largest absolute Gasteiger partial charge is 0.493 e. The molecule has 3 heterocycles. The molecule has 3 aromatic rings. The zero-order valence-electron chi connectivity index (χ0n) is 17.9.